The van der Waals surface area contributed by atoms with Gasteiger partial charge in [-0.15, -0.1) is 0 Å². The Morgan fingerprint density at radius 3 is 2.46 bits per heavy atom. The summed E-state index contributed by atoms with van der Waals surface area (Å²) >= 11 is 5.10. The van der Waals surface area contributed by atoms with Crippen LogP contribution in [0.25, 0.3) is 0 Å². The third kappa shape index (κ3) is 4.60. The van der Waals surface area contributed by atoms with Crippen molar-refractivity contribution in [2.75, 3.05) is 19.0 Å². The number of aromatic hydroxyl groups is 1. The lowest BCUT2D eigenvalue weighted by Crippen LogP contribution is -2.34. The Morgan fingerprint density at radius 1 is 1.17 bits per heavy atom. The molecule has 0 bridgehead atoms. The van der Waals surface area contributed by atoms with Gasteiger partial charge in [0.05, 0.1) is 19.4 Å². The zero-order valence-electron chi connectivity index (χ0n) is 13.3. The quantitative estimate of drug-likeness (QED) is 0.571. The monoisotopic (exact) mass is 346 g/mol. The van der Waals surface area contributed by atoms with Crippen molar-refractivity contribution in [1.29, 1.82) is 0 Å². The number of phenolic OH excluding ortho intramolecular Hbond substituents is 1. The van der Waals surface area contributed by atoms with Gasteiger partial charge in [-0.3, -0.25) is 10.1 Å². The van der Waals surface area contributed by atoms with E-state index in [1.165, 1.54) is 13.2 Å². The van der Waals surface area contributed by atoms with Crippen molar-refractivity contribution in [3.05, 3.63) is 48.0 Å². The number of hydrogen-bond donors (Lipinski definition) is 3. The van der Waals surface area contributed by atoms with Gasteiger partial charge in [0.25, 0.3) is 5.91 Å². The van der Waals surface area contributed by atoms with Gasteiger partial charge in [-0.25, -0.2) is 0 Å². The Kier molecular flexibility index (Phi) is 5.97. The Labute approximate surface area is 145 Å². The van der Waals surface area contributed by atoms with E-state index in [9.17, 15) is 9.90 Å². The Hall–Kier alpha value is -2.80. The van der Waals surface area contributed by atoms with E-state index in [0.29, 0.717) is 29.4 Å². The summed E-state index contributed by atoms with van der Waals surface area (Å²) in [5.74, 6) is 0.874. The molecule has 0 aliphatic heterocycles. The summed E-state index contributed by atoms with van der Waals surface area (Å²) < 4.78 is 10.4. The van der Waals surface area contributed by atoms with E-state index in [4.69, 9.17) is 21.7 Å². The molecule has 2 aromatic carbocycles. The SMILES string of the molecule is CCOc1ccc(C(=O)NC(=S)Nc2cc(OC)ccc2O)cc1. The van der Waals surface area contributed by atoms with Gasteiger partial charge in [0.1, 0.15) is 17.2 Å². The number of ether oxygens (including phenoxy) is 2. The molecule has 24 heavy (non-hydrogen) atoms. The fourth-order valence-corrected chi connectivity index (χ4v) is 2.14. The van der Waals surface area contributed by atoms with Crippen LogP contribution in [0.5, 0.6) is 17.2 Å². The molecule has 0 saturated carbocycles. The maximum Gasteiger partial charge on any atom is 0.257 e. The van der Waals surface area contributed by atoms with Gasteiger partial charge < -0.3 is 19.9 Å². The number of carbonyl (C=O) groups excluding carboxylic acids is 1. The summed E-state index contributed by atoms with van der Waals surface area (Å²) in [7, 11) is 1.52. The number of nitrogens with one attached hydrogen (secondary N) is 2. The number of rotatable bonds is 5. The zero-order valence-corrected chi connectivity index (χ0v) is 14.1. The fraction of sp³-hybridized carbons (Fsp3) is 0.176. The highest BCUT2D eigenvalue weighted by molar-refractivity contribution is 7.80. The van der Waals surface area contributed by atoms with Crippen LogP contribution in [0.2, 0.25) is 0 Å². The number of carbonyl (C=O) groups is 1. The van der Waals surface area contributed by atoms with Gasteiger partial charge in [0.2, 0.25) is 0 Å². The second kappa shape index (κ2) is 8.16. The highest BCUT2D eigenvalue weighted by atomic mass is 32.1. The number of hydrogen-bond acceptors (Lipinski definition) is 5. The fourth-order valence-electron chi connectivity index (χ4n) is 1.94. The number of thiocarbonyl (C=S) groups is 1. The van der Waals surface area contributed by atoms with Crippen molar-refractivity contribution in [2.24, 2.45) is 0 Å². The molecule has 7 heteroatoms. The first-order valence-electron chi connectivity index (χ1n) is 7.25. The lowest BCUT2D eigenvalue weighted by Gasteiger charge is -2.12. The van der Waals surface area contributed by atoms with Crippen molar-refractivity contribution >= 4 is 28.9 Å². The molecule has 0 radical (unpaired) electrons. The van der Waals surface area contributed by atoms with Crippen LogP contribution in [-0.2, 0) is 0 Å². The molecule has 0 aliphatic carbocycles. The summed E-state index contributed by atoms with van der Waals surface area (Å²) in [5.41, 5.74) is 0.781. The summed E-state index contributed by atoms with van der Waals surface area (Å²) in [6.07, 6.45) is 0. The largest absolute Gasteiger partial charge is 0.506 e. The lowest BCUT2D eigenvalue weighted by atomic mass is 10.2. The van der Waals surface area contributed by atoms with Crippen molar-refractivity contribution in [3.63, 3.8) is 0 Å². The van der Waals surface area contributed by atoms with E-state index < -0.39 is 0 Å². The minimum Gasteiger partial charge on any atom is -0.506 e. The highest BCUT2D eigenvalue weighted by Crippen LogP contribution is 2.27. The average Bonchev–Trinajstić information content (AvgIpc) is 2.57. The predicted molar refractivity (Wildman–Crippen MR) is 96.0 cm³/mol. The van der Waals surface area contributed by atoms with Gasteiger partial charge in [0.15, 0.2) is 5.11 Å². The van der Waals surface area contributed by atoms with Gasteiger partial charge in [-0.2, -0.15) is 0 Å². The van der Waals surface area contributed by atoms with Crippen LogP contribution in [-0.4, -0.2) is 29.8 Å². The molecular weight excluding hydrogens is 328 g/mol. The lowest BCUT2D eigenvalue weighted by molar-refractivity contribution is 0.0977. The topological polar surface area (TPSA) is 79.8 Å². The standard InChI is InChI=1S/C17H18N2O4S/c1-3-23-12-6-4-11(5-7-12)16(21)19-17(24)18-14-10-13(22-2)8-9-15(14)20/h4-10,20H,3H2,1-2H3,(H2,18,19,21,24). The minimum absolute atomic E-state index is 0.00605. The molecule has 2 aromatic rings. The maximum atomic E-state index is 12.2. The molecule has 0 atom stereocenters. The molecular formula is C17H18N2O4S. The summed E-state index contributed by atoms with van der Waals surface area (Å²) in [6.45, 7) is 2.45. The summed E-state index contributed by atoms with van der Waals surface area (Å²) in [5, 5.41) is 15.2. The van der Waals surface area contributed by atoms with E-state index in [-0.39, 0.29) is 16.8 Å². The molecule has 2 rings (SSSR count). The maximum absolute atomic E-state index is 12.2. The van der Waals surface area contributed by atoms with Crippen molar-refractivity contribution in [2.45, 2.75) is 6.92 Å². The molecule has 0 heterocycles. The molecule has 0 unspecified atom stereocenters. The molecule has 0 aliphatic rings. The van der Waals surface area contributed by atoms with Crippen LogP contribution < -0.4 is 20.1 Å². The van der Waals surface area contributed by atoms with Gasteiger partial charge >= 0.3 is 0 Å². The second-order valence-corrected chi connectivity index (χ2v) is 5.16. The van der Waals surface area contributed by atoms with Crippen LogP contribution in [0.15, 0.2) is 42.5 Å². The van der Waals surface area contributed by atoms with Crippen LogP contribution in [0, 0.1) is 0 Å². The molecule has 3 N–H and O–H groups in total. The van der Waals surface area contributed by atoms with E-state index >= 15 is 0 Å². The Balaban J connectivity index is 2.00. The predicted octanol–water partition coefficient (Wildman–Crippen LogP) is 2.93. The Bertz CT molecular complexity index is 732. The molecule has 0 spiro atoms. The van der Waals surface area contributed by atoms with Crippen LogP contribution in [0.3, 0.4) is 0 Å². The van der Waals surface area contributed by atoms with Crippen LogP contribution in [0.1, 0.15) is 17.3 Å². The number of phenols is 1. The average molecular weight is 346 g/mol. The molecule has 0 saturated heterocycles. The van der Waals surface area contributed by atoms with Gasteiger partial charge in [-0.05, 0) is 55.5 Å². The van der Waals surface area contributed by atoms with E-state index in [2.05, 4.69) is 10.6 Å². The number of benzene rings is 2. The number of anilines is 1. The first-order valence-corrected chi connectivity index (χ1v) is 7.66. The Morgan fingerprint density at radius 2 is 1.83 bits per heavy atom. The molecule has 0 aromatic heterocycles. The van der Waals surface area contributed by atoms with E-state index in [1.807, 2.05) is 6.92 Å². The molecule has 0 fully saturated rings. The zero-order chi connectivity index (χ0) is 17.5. The first-order chi connectivity index (χ1) is 11.5. The third-order valence-corrected chi connectivity index (χ3v) is 3.31. The van der Waals surface area contributed by atoms with Gasteiger partial charge in [0, 0.05) is 11.6 Å². The van der Waals surface area contributed by atoms with Crippen LogP contribution >= 0.6 is 12.2 Å². The summed E-state index contributed by atoms with van der Waals surface area (Å²) in [6, 6.07) is 11.4. The number of amides is 1. The molecule has 126 valence electrons. The van der Waals surface area contributed by atoms with Crippen LogP contribution in [0.4, 0.5) is 5.69 Å². The van der Waals surface area contributed by atoms with Gasteiger partial charge in [-0.1, -0.05) is 0 Å². The third-order valence-electron chi connectivity index (χ3n) is 3.11. The van der Waals surface area contributed by atoms with Crippen molar-refractivity contribution in [1.82, 2.24) is 5.32 Å². The van der Waals surface area contributed by atoms with E-state index in [1.54, 1.807) is 36.4 Å². The minimum atomic E-state index is -0.363. The van der Waals surface area contributed by atoms with Crippen molar-refractivity contribution in [3.8, 4) is 17.2 Å². The second-order valence-electron chi connectivity index (χ2n) is 4.75. The highest BCUT2D eigenvalue weighted by Gasteiger charge is 2.10. The first kappa shape index (κ1) is 17.6. The smallest absolute Gasteiger partial charge is 0.257 e. The molecule has 1 amide bonds. The summed E-state index contributed by atoms with van der Waals surface area (Å²) in [4.78, 5) is 12.2. The normalized spacial score (nSPS) is 9.92. The molecule has 6 nitrogen and oxygen atoms in total. The van der Waals surface area contributed by atoms with E-state index in [0.717, 1.165) is 0 Å². The van der Waals surface area contributed by atoms with Crippen molar-refractivity contribution < 1.29 is 19.4 Å². The number of methoxy groups -OCH3 is 1.